The van der Waals surface area contributed by atoms with Crippen molar-refractivity contribution >= 4 is 40.4 Å². The zero-order valence-electron chi connectivity index (χ0n) is 15.4. The van der Waals surface area contributed by atoms with Crippen LogP contribution in [0, 0.1) is 6.92 Å². The second-order valence-corrected chi connectivity index (χ2v) is 8.34. The summed E-state index contributed by atoms with van der Waals surface area (Å²) >= 11 is 7.28. The van der Waals surface area contributed by atoms with Crippen LogP contribution in [0.15, 0.2) is 18.2 Å². The van der Waals surface area contributed by atoms with Crippen LogP contribution in [0.4, 0.5) is 5.82 Å². The Labute approximate surface area is 166 Å². The summed E-state index contributed by atoms with van der Waals surface area (Å²) in [7, 11) is 0. The molecule has 27 heavy (non-hydrogen) atoms. The number of hydrogen-bond donors (Lipinski definition) is 0. The van der Waals surface area contributed by atoms with E-state index in [1.807, 2.05) is 16.2 Å². The Morgan fingerprint density at radius 1 is 1.22 bits per heavy atom. The van der Waals surface area contributed by atoms with Crippen molar-refractivity contribution in [2.45, 2.75) is 26.7 Å². The highest BCUT2D eigenvalue weighted by Gasteiger charge is 2.24. The summed E-state index contributed by atoms with van der Waals surface area (Å²) in [6, 6.07) is 5.69. The number of aromatic nitrogens is 4. The minimum atomic E-state index is 0.0507. The molecule has 0 bridgehead atoms. The van der Waals surface area contributed by atoms with Crippen LogP contribution in [-0.4, -0.2) is 56.6 Å². The predicted molar refractivity (Wildman–Crippen MR) is 107 cm³/mol. The quantitative estimate of drug-likeness (QED) is 0.668. The second kappa shape index (κ2) is 7.44. The van der Waals surface area contributed by atoms with E-state index >= 15 is 0 Å². The highest BCUT2D eigenvalue weighted by Crippen LogP contribution is 2.24. The molecule has 3 aromatic rings. The first kappa shape index (κ1) is 18.2. The van der Waals surface area contributed by atoms with Crippen molar-refractivity contribution < 1.29 is 4.79 Å². The summed E-state index contributed by atoms with van der Waals surface area (Å²) in [5.74, 6) is 2.46. The van der Waals surface area contributed by atoms with Crippen LogP contribution in [0.5, 0.6) is 0 Å². The van der Waals surface area contributed by atoms with Gasteiger partial charge in [0.1, 0.15) is 11.6 Å². The van der Waals surface area contributed by atoms with Gasteiger partial charge in [-0.2, -0.15) is 4.98 Å². The number of thiophene rings is 1. The molecule has 1 saturated heterocycles. The van der Waals surface area contributed by atoms with Gasteiger partial charge in [-0.25, -0.2) is 0 Å². The SMILES string of the molecule is CCCc1cc(N2CCN(C(=O)c3ccc(Cl)s3)CC2)nc2nnc(C)n12. The fourth-order valence-electron chi connectivity index (χ4n) is 3.43. The van der Waals surface area contributed by atoms with Crippen molar-refractivity contribution in [1.82, 2.24) is 24.5 Å². The molecule has 0 aromatic carbocycles. The first-order chi connectivity index (χ1) is 13.1. The topological polar surface area (TPSA) is 66.6 Å². The number of carbonyl (C=O) groups excluding carboxylic acids is 1. The van der Waals surface area contributed by atoms with Gasteiger partial charge in [-0.3, -0.25) is 9.20 Å². The maximum Gasteiger partial charge on any atom is 0.264 e. The van der Waals surface area contributed by atoms with Crippen molar-refractivity contribution in [3.05, 3.63) is 38.9 Å². The van der Waals surface area contributed by atoms with E-state index in [0.717, 1.165) is 37.6 Å². The van der Waals surface area contributed by atoms with Crippen LogP contribution in [0.1, 0.15) is 34.5 Å². The summed E-state index contributed by atoms with van der Waals surface area (Å²) in [5, 5.41) is 8.37. The van der Waals surface area contributed by atoms with Crippen LogP contribution in [-0.2, 0) is 6.42 Å². The molecule has 0 aliphatic carbocycles. The summed E-state index contributed by atoms with van der Waals surface area (Å²) in [6.07, 6.45) is 1.99. The molecule has 3 aromatic heterocycles. The van der Waals surface area contributed by atoms with Gasteiger partial charge < -0.3 is 9.80 Å². The van der Waals surface area contributed by atoms with Crippen molar-refractivity contribution in [2.75, 3.05) is 31.1 Å². The van der Waals surface area contributed by atoms with Crippen LogP contribution >= 0.6 is 22.9 Å². The lowest BCUT2D eigenvalue weighted by Gasteiger charge is -2.35. The molecule has 9 heteroatoms. The van der Waals surface area contributed by atoms with E-state index in [0.29, 0.717) is 28.1 Å². The number of piperazine rings is 1. The minimum absolute atomic E-state index is 0.0507. The number of rotatable bonds is 4. The number of aryl methyl sites for hydroxylation is 2. The Morgan fingerprint density at radius 2 is 2.00 bits per heavy atom. The average Bonchev–Trinajstić information content (AvgIpc) is 3.27. The van der Waals surface area contributed by atoms with E-state index in [1.54, 1.807) is 12.1 Å². The molecule has 1 aliphatic rings. The average molecular weight is 405 g/mol. The van der Waals surface area contributed by atoms with Crippen LogP contribution in [0.2, 0.25) is 4.34 Å². The van der Waals surface area contributed by atoms with Gasteiger partial charge in [0.15, 0.2) is 0 Å². The lowest BCUT2D eigenvalue weighted by atomic mass is 10.2. The Hall–Kier alpha value is -2.19. The summed E-state index contributed by atoms with van der Waals surface area (Å²) in [6.45, 7) is 6.92. The van der Waals surface area contributed by atoms with Gasteiger partial charge in [0.05, 0.1) is 9.21 Å². The zero-order chi connectivity index (χ0) is 19.0. The van der Waals surface area contributed by atoms with Crippen molar-refractivity contribution in [2.24, 2.45) is 0 Å². The molecular weight excluding hydrogens is 384 g/mol. The van der Waals surface area contributed by atoms with Gasteiger partial charge in [0.2, 0.25) is 0 Å². The number of carbonyl (C=O) groups is 1. The monoisotopic (exact) mass is 404 g/mol. The van der Waals surface area contributed by atoms with Gasteiger partial charge >= 0.3 is 0 Å². The third-order valence-electron chi connectivity index (χ3n) is 4.79. The molecule has 0 unspecified atom stereocenters. The van der Waals surface area contributed by atoms with Gasteiger partial charge in [-0.05, 0) is 25.5 Å². The molecule has 1 fully saturated rings. The third-order valence-corrected chi connectivity index (χ3v) is 6.01. The Balaban J connectivity index is 1.52. The van der Waals surface area contributed by atoms with E-state index in [-0.39, 0.29) is 5.91 Å². The van der Waals surface area contributed by atoms with E-state index in [2.05, 4.69) is 28.1 Å². The van der Waals surface area contributed by atoms with Crippen LogP contribution < -0.4 is 4.90 Å². The van der Waals surface area contributed by atoms with Gasteiger partial charge in [-0.15, -0.1) is 21.5 Å². The standard InChI is InChI=1S/C18H21ClN6OS/c1-3-4-13-11-16(20-18-22-21-12(2)25(13)18)23-7-9-24(10-8-23)17(26)14-5-6-15(19)27-14/h5-6,11H,3-4,7-10H2,1-2H3. The molecule has 0 atom stereocenters. The first-order valence-electron chi connectivity index (χ1n) is 9.08. The second-order valence-electron chi connectivity index (χ2n) is 6.62. The molecule has 4 rings (SSSR count). The number of fused-ring (bicyclic) bond motifs is 1. The minimum Gasteiger partial charge on any atom is -0.353 e. The van der Waals surface area contributed by atoms with Gasteiger partial charge in [0.25, 0.3) is 11.7 Å². The van der Waals surface area contributed by atoms with Crippen LogP contribution in [0.3, 0.4) is 0 Å². The number of halogens is 1. The zero-order valence-corrected chi connectivity index (χ0v) is 16.9. The lowest BCUT2D eigenvalue weighted by Crippen LogP contribution is -2.49. The first-order valence-corrected chi connectivity index (χ1v) is 10.3. The summed E-state index contributed by atoms with van der Waals surface area (Å²) < 4.78 is 2.66. The van der Waals surface area contributed by atoms with E-state index in [1.165, 1.54) is 17.0 Å². The van der Waals surface area contributed by atoms with Crippen molar-refractivity contribution in [3.63, 3.8) is 0 Å². The van der Waals surface area contributed by atoms with E-state index in [4.69, 9.17) is 16.6 Å². The highest BCUT2D eigenvalue weighted by atomic mass is 35.5. The molecule has 0 saturated carbocycles. The van der Waals surface area contributed by atoms with Crippen LogP contribution in [0.25, 0.3) is 5.78 Å². The smallest absolute Gasteiger partial charge is 0.264 e. The number of anilines is 1. The lowest BCUT2D eigenvalue weighted by molar-refractivity contribution is 0.0751. The molecule has 0 spiro atoms. The number of amides is 1. The summed E-state index contributed by atoms with van der Waals surface area (Å²) in [4.78, 5) is 22.1. The maximum atomic E-state index is 12.6. The molecule has 142 valence electrons. The van der Waals surface area contributed by atoms with Gasteiger partial charge in [0, 0.05) is 37.9 Å². The fraction of sp³-hybridized carbons (Fsp3) is 0.444. The Morgan fingerprint density at radius 3 is 2.67 bits per heavy atom. The van der Waals surface area contributed by atoms with Crippen molar-refractivity contribution in [1.29, 1.82) is 0 Å². The van der Waals surface area contributed by atoms with Gasteiger partial charge in [-0.1, -0.05) is 24.9 Å². The molecule has 0 radical (unpaired) electrons. The molecule has 1 aliphatic heterocycles. The normalized spacial score (nSPS) is 14.9. The Kier molecular flexibility index (Phi) is 5.01. The molecule has 0 N–H and O–H groups in total. The van der Waals surface area contributed by atoms with Crippen molar-refractivity contribution in [3.8, 4) is 0 Å². The van der Waals surface area contributed by atoms with E-state index in [9.17, 15) is 4.79 Å². The predicted octanol–water partition coefficient (Wildman–Crippen LogP) is 3.06. The molecular formula is C18H21ClN6OS. The maximum absolute atomic E-state index is 12.6. The summed E-state index contributed by atoms with van der Waals surface area (Å²) in [5.41, 5.74) is 1.17. The number of nitrogens with zero attached hydrogens (tertiary/aromatic N) is 6. The fourth-order valence-corrected chi connectivity index (χ4v) is 4.45. The molecule has 7 nitrogen and oxygen atoms in total. The molecule has 1 amide bonds. The Bertz CT molecular complexity index is 976. The highest BCUT2D eigenvalue weighted by molar-refractivity contribution is 7.17. The molecule has 4 heterocycles. The number of hydrogen-bond acceptors (Lipinski definition) is 6. The largest absolute Gasteiger partial charge is 0.353 e. The third kappa shape index (κ3) is 3.51. The van der Waals surface area contributed by atoms with E-state index < -0.39 is 0 Å².